The average Bonchev–Trinajstić information content (AvgIpc) is 3.12. The molecule has 0 spiro atoms. The number of hydrogen-bond acceptors (Lipinski definition) is 5. The zero-order valence-corrected chi connectivity index (χ0v) is 18.0. The van der Waals surface area contributed by atoms with Crippen LogP contribution in [0, 0.1) is 6.92 Å². The van der Waals surface area contributed by atoms with Gasteiger partial charge in [0, 0.05) is 24.2 Å². The summed E-state index contributed by atoms with van der Waals surface area (Å²) in [7, 11) is 2.07. The summed E-state index contributed by atoms with van der Waals surface area (Å²) in [6.45, 7) is 6.25. The molecule has 6 heteroatoms. The van der Waals surface area contributed by atoms with Crippen LogP contribution in [0.2, 0.25) is 0 Å². The normalized spacial score (nSPS) is 10.9. The van der Waals surface area contributed by atoms with Crippen LogP contribution in [0.15, 0.2) is 53.9 Å². The van der Waals surface area contributed by atoms with Gasteiger partial charge in [-0.05, 0) is 50.7 Å². The van der Waals surface area contributed by atoms with Crippen molar-refractivity contribution in [3.63, 3.8) is 0 Å². The maximum absolute atomic E-state index is 12.2. The lowest BCUT2D eigenvalue weighted by molar-refractivity contribution is -0.115. The van der Waals surface area contributed by atoms with Crippen molar-refractivity contribution in [2.75, 3.05) is 19.0 Å². The molecule has 29 heavy (non-hydrogen) atoms. The van der Waals surface area contributed by atoms with Crippen molar-refractivity contribution >= 4 is 22.9 Å². The molecule has 3 aromatic rings. The Hall–Kier alpha value is -2.70. The molecule has 1 heterocycles. The predicted octanol–water partition coefficient (Wildman–Crippen LogP) is 4.66. The maximum atomic E-state index is 12.2. The smallest absolute Gasteiger partial charge is 0.231 e. The summed E-state index contributed by atoms with van der Waals surface area (Å²) >= 11 is 1.53. The molecule has 0 saturated carbocycles. The maximum Gasteiger partial charge on any atom is 0.231 e. The van der Waals surface area contributed by atoms with Crippen LogP contribution < -0.4 is 10.1 Å². The fourth-order valence-electron chi connectivity index (χ4n) is 2.98. The number of rotatable bonds is 9. The summed E-state index contributed by atoms with van der Waals surface area (Å²) in [5.41, 5.74) is 4.19. The van der Waals surface area contributed by atoms with Gasteiger partial charge in [-0.25, -0.2) is 4.98 Å². The summed E-state index contributed by atoms with van der Waals surface area (Å²) in [6, 6.07) is 16.0. The lowest BCUT2D eigenvalue weighted by atomic mass is 10.2. The van der Waals surface area contributed by atoms with E-state index < -0.39 is 0 Å². The summed E-state index contributed by atoms with van der Waals surface area (Å²) in [5.74, 6) is 0.851. The lowest BCUT2D eigenvalue weighted by Gasteiger charge is -2.15. The van der Waals surface area contributed by atoms with Crippen molar-refractivity contribution < 1.29 is 9.53 Å². The highest BCUT2D eigenvalue weighted by Crippen LogP contribution is 2.17. The number of amides is 1. The molecule has 0 bridgehead atoms. The molecule has 0 radical (unpaired) electrons. The Morgan fingerprint density at radius 1 is 1.10 bits per heavy atom. The number of aryl methyl sites for hydroxylation is 1. The van der Waals surface area contributed by atoms with Gasteiger partial charge in [0.15, 0.2) is 0 Å². The zero-order valence-electron chi connectivity index (χ0n) is 17.1. The molecule has 2 aromatic carbocycles. The molecular formula is C23H27N3O2S. The first kappa shape index (κ1) is 21.0. The Labute approximate surface area is 176 Å². The zero-order chi connectivity index (χ0) is 20.6. The molecule has 0 atom stereocenters. The molecule has 152 valence electrons. The fourth-order valence-corrected chi connectivity index (χ4v) is 3.77. The van der Waals surface area contributed by atoms with Crippen molar-refractivity contribution in [1.82, 2.24) is 9.88 Å². The third-order valence-electron chi connectivity index (χ3n) is 4.37. The van der Waals surface area contributed by atoms with Gasteiger partial charge < -0.3 is 10.1 Å². The van der Waals surface area contributed by atoms with Gasteiger partial charge in [0.05, 0.1) is 18.7 Å². The summed E-state index contributed by atoms with van der Waals surface area (Å²) < 4.78 is 5.48. The van der Waals surface area contributed by atoms with Crippen LogP contribution in [0.3, 0.4) is 0 Å². The quantitative estimate of drug-likeness (QED) is 0.558. The predicted molar refractivity (Wildman–Crippen MR) is 118 cm³/mol. The Morgan fingerprint density at radius 3 is 2.52 bits per heavy atom. The summed E-state index contributed by atoms with van der Waals surface area (Å²) in [4.78, 5) is 19.1. The second kappa shape index (κ2) is 10.2. The van der Waals surface area contributed by atoms with Gasteiger partial charge in [-0.3, -0.25) is 9.69 Å². The SMILES string of the molecule is CCOc1ccc(CN(C)Cc2csc(CC(=O)Nc3ccc(C)cc3)n2)cc1. The first-order valence-electron chi connectivity index (χ1n) is 9.72. The van der Waals surface area contributed by atoms with Crippen LogP contribution in [0.5, 0.6) is 5.75 Å². The van der Waals surface area contributed by atoms with Crippen LogP contribution in [-0.4, -0.2) is 29.4 Å². The molecule has 0 saturated heterocycles. The first-order valence-corrected chi connectivity index (χ1v) is 10.6. The number of ether oxygens (including phenoxy) is 1. The van der Waals surface area contributed by atoms with E-state index in [2.05, 4.69) is 34.4 Å². The van der Waals surface area contributed by atoms with Crippen molar-refractivity contribution in [2.24, 2.45) is 0 Å². The van der Waals surface area contributed by atoms with Crippen LogP contribution in [0.4, 0.5) is 5.69 Å². The number of aromatic nitrogens is 1. The third kappa shape index (κ3) is 6.69. The van der Waals surface area contributed by atoms with E-state index in [0.717, 1.165) is 35.2 Å². The highest BCUT2D eigenvalue weighted by Gasteiger charge is 2.10. The van der Waals surface area contributed by atoms with E-state index in [-0.39, 0.29) is 5.91 Å². The van der Waals surface area contributed by atoms with Crippen molar-refractivity contribution in [3.8, 4) is 5.75 Å². The van der Waals surface area contributed by atoms with Crippen molar-refractivity contribution in [1.29, 1.82) is 0 Å². The molecular weight excluding hydrogens is 382 g/mol. The second-order valence-corrected chi connectivity index (χ2v) is 8.02. The van der Waals surface area contributed by atoms with E-state index in [1.807, 2.05) is 55.6 Å². The van der Waals surface area contributed by atoms with Crippen molar-refractivity contribution in [2.45, 2.75) is 33.4 Å². The molecule has 1 aromatic heterocycles. The monoisotopic (exact) mass is 409 g/mol. The van der Waals surface area contributed by atoms with Crippen LogP contribution in [0.25, 0.3) is 0 Å². The molecule has 0 fully saturated rings. The van der Waals surface area contributed by atoms with E-state index in [1.54, 1.807) is 0 Å². The molecule has 0 aliphatic rings. The first-order chi connectivity index (χ1) is 14.0. The minimum atomic E-state index is -0.0440. The number of anilines is 1. The molecule has 0 aliphatic heterocycles. The minimum absolute atomic E-state index is 0.0440. The molecule has 0 aliphatic carbocycles. The molecule has 1 amide bonds. The van der Waals surface area contributed by atoms with Crippen molar-refractivity contribution in [3.05, 3.63) is 75.7 Å². The molecule has 5 nitrogen and oxygen atoms in total. The number of thiazole rings is 1. The standard InChI is InChI=1S/C23H27N3O2S/c1-4-28-21-11-7-18(8-12-21)14-26(3)15-20-16-29-23(25-20)13-22(27)24-19-9-5-17(2)6-10-19/h5-12,16H,4,13-15H2,1-3H3,(H,24,27). The highest BCUT2D eigenvalue weighted by molar-refractivity contribution is 7.09. The second-order valence-electron chi connectivity index (χ2n) is 7.07. The molecule has 1 N–H and O–H groups in total. The molecule has 0 unspecified atom stereocenters. The Bertz CT molecular complexity index is 920. The van der Waals surface area contributed by atoms with Crippen LogP contribution in [-0.2, 0) is 24.3 Å². The van der Waals surface area contributed by atoms with E-state index in [1.165, 1.54) is 22.5 Å². The summed E-state index contributed by atoms with van der Waals surface area (Å²) in [6.07, 6.45) is 0.293. The van der Waals surface area contributed by atoms with Crippen LogP contribution >= 0.6 is 11.3 Å². The Morgan fingerprint density at radius 2 is 1.83 bits per heavy atom. The van der Waals surface area contributed by atoms with Gasteiger partial charge in [-0.1, -0.05) is 29.8 Å². The topological polar surface area (TPSA) is 54.5 Å². The number of nitrogens with one attached hydrogen (secondary N) is 1. The van der Waals surface area contributed by atoms with E-state index >= 15 is 0 Å². The minimum Gasteiger partial charge on any atom is -0.494 e. The summed E-state index contributed by atoms with van der Waals surface area (Å²) in [5, 5.41) is 5.78. The van der Waals surface area contributed by atoms with Gasteiger partial charge in [0.1, 0.15) is 10.8 Å². The van der Waals surface area contributed by atoms with E-state index in [0.29, 0.717) is 13.0 Å². The van der Waals surface area contributed by atoms with Gasteiger partial charge in [0.2, 0.25) is 5.91 Å². The van der Waals surface area contributed by atoms with E-state index in [4.69, 9.17) is 4.74 Å². The Balaban J connectivity index is 1.48. The fraction of sp³-hybridized carbons (Fsp3) is 0.304. The van der Waals surface area contributed by atoms with E-state index in [9.17, 15) is 4.79 Å². The number of benzene rings is 2. The highest BCUT2D eigenvalue weighted by atomic mass is 32.1. The lowest BCUT2D eigenvalue weighted by Crippen LogP contribution is -2.18. The largest absolute Gasteiger partial charge is 0.494 e. The third-order valence-corrected chi connectivity index (χ3v) is 5.26. The molecule has 3 rings (SSSR count). The number of nitrogens with zero attached hydrogens (tertiary/aromatic N) is 2. The average molecular weight is 410 g/mol. The van der Waals surface area contributed by atoms with Crippen LogP contribution in [0.1, 0.15) is 28.8 Å². The van der Waals surface area contributed by atoms with Gasteiger partial charge in [0.25, 0.3) is 0 Å². The number of hydrogen-bond donors (Lipinski definition) is 1. The van der Waals surface area contributed by atoms with Gasteiger partial charge >= 0.3 is 0 Å². The number of carbonyl (C=O) groups is 1. The Kier molecular flexibility index (Phi) is 7.38. The van der Waals surface area contributed by atoms with Gasteiger partial charge in [-0.15, -0.1) is 11.3 Å². The number of carbonyl (C=O) groups excluding carboxylic acids is 1. The van der Waals surface area contributed by atoms with Gasteiger partial charge in [-0.2, -0.15) is 0 Å².